The van der Waals surface area contributed by atoms with Crippen molar-refractivity contribution in [3.63, 3.8) is 0 Å². The van der Waals surface area contributed by atoms with Gasteiger partial charge in [-0.1, -0.05) is 51.5 Å². The number of rotatable bonds is 14. The van der Waals surface area contributed by atoms with Gasteiger partial charge in [0.15, 0.2) is 12.1 Å². The first kappa shape index (κ1) is 46.7. The Morgan fingerprint density at radius 3 is 2.10 bits per heavy atom. The molecule has 0 aromatic heterocycles. The lowest BCUT2D eigenvalue weighted by molar-refractivity contribution is -0.123. The quantitative estimate of drug-likeness (QED) is 0.0388. The molecular formula is C34H50F3N7O6. The number of carbonyl (C=O) groups excluding carboxylic acids is 3. The molecule has 0 saturated heterocycles. The van der Waals surface area contributed by atoms with E-state index in [4.69, 9.17) is 31.5 Å². The lowest BCUT2D eigenvalue weighted by Crippen LogP contribution is -2.35. The number of anilines is 1. The monoisotopic (exact) mass is 709 g/mol. The standard InChI is InChI=1S/C29H39N7O4.C2H3F3.C2H6.CH2O2/c1-5-6-11-40-29(39)23-12-22(13-24(30)14-23)25(16-33-26(18-37)35-19(2)3)36(4)17-27(38)34-15-20-7-9-21(10-8-20)28(31)32;1-2(3,4)5;1-2;2-1-3/h7-10,12-14,16,18-19H,5-6,11,15,17,30H2,1-4H3,(H3,31,32)(H,33,35)(H,34,38);1H3;1-2H3;1H,(H,2,3)/b25-16-;;;. The summed E-state index contributed by atoms with van der Waals surface area (Å²) in [6.45, 7) is 10.2. The molecule has 0 atom stereocenters. The highest BCUT2D eigenvalue weighted by Gasteiger charge is 2.17. The number of nitrogens with one attached hydrogen (secondary N) is 3. The average Bonchev–Trinajstić information content (AvgIpc) is 3.03. The van der Waals surface area contributed by atoms with Crippen molar-refractivity contribution in [3.8, 4) is 0 Å². The summed E-state index contributed by atoms with van der Waals surface area (Å²) in [5, 5.41) is 20.1. The molecule has 50 heavy (non-hydrogen) atoms. The van der Waals surface area contributed by atoms with Crippen molar-refractivity contribution in [1.29, 1.82) is 5.41 Å². The fourth-order valence-corrected chi connectivity index (χ4v) is 3.61. The lowest BCUT2D eigenvalue weighted by atomic mass is 10.1. The van der Waals surface area contributed by atoms with E-state index < -0.39 is 12.1 Å². The van der Waals surface area contributed by atoms with Gasteiger partial charge in [-0.15, -0.1) is 0 Å². The maximum absolute atomic E-state index is 12.8. The molecule has 0 unspecified atom stereocenters. The molecule has 0 aliphatic carbocycles. The molecule has 8 N–H and O–H groups in total. The molecule has 16 heteroatoms. The second kappa shape index (κ2) is 25.6. The molecular weight excluding hydrogens is 659 g/mol. The van der Waals surface area contributed by atoms with E-state index in [0.29, 0.717) is 35.4 Å². The van der Waals surface area contributed by atoms with Crippen LogP contribution in [0.25, 0.3) is 5.70 Å². The molecule has 0 fully saturated rings. The number of aldehydes is 1. The number of ether oxygens (including phenoxy) is 1. The van der Waals surface area contributed by atoms with Gasteiger partial charge in [0.1, 0.15) is 5.84 Å². The Morgan fingerprint density at radius 1 is 1.08 bits per heavy atom. The number of benzene rings is 2. The minimum Gasteiger partial charge on any atom is -0.483 e. The molecule has 278 valence electrons. The minimum absolute atomic E-state index is 0.0276. The number of amidine groups is 2. The second-order valence-corrected chi connectivity index (χ2v) is 10.4. The smallest absolute Gasteiger partial charge is 0.386 e. The molecule has 2 aromatic carbocycles. The van der Waals surface area contributed by atoms with Gasteiger partial charge in [-0.3, -0.25) is 24.8 Å². The molecule has 0 aliphatic rings. The van der Waals surface area contributed by atoms with Gasteiger partial charge in [0.25, 0.3) is 6.47 Å². The van der Waals surface area contributed by atoms with E-state index in [9.17, 15) is 27.6 Å². The lowest BCUT2D eigenvalue weighted by Gasteiger charge is -2.23. The molecule has 0 bridgehead atoms. The number of alkyl halides is 3. The van der Waals surface area contributed by atoms with Crippen molar-refractivity contribution < 1.29 is 42.2 Å². The number of hydrogen-bond donors (Lipinski definition) is 6. The summed E-state index contributed by atoms with van der Waals surface area (Å²) >= 11 is 0. The van der Waals surface area contributed by atoms with Crippen LogP contribution in [-0.4, -0.2) is 78.7 Å². The number of nitrogens with two attached hydrogens (primary N) is 2. The normalized spacial score (nSPS) is 10.9. The zero-order chi connectivity index (χ0) is 38.9. The van der Waals surface area contributed by atoms with E-state index in [0.717, 1.165) is 18.4 Å². The van der Waals surface area contributed by atoms with Crippen LogP contribution in [0.3, 0.4) is 0 Å². The maximum atomic E-state index is 12.8. The van der Waals surface area contributed by atoms with Crippen molar-refractivity contribution in [2.24, 2.45) is 10.7 Å². The van der Waals surface area contributed by atoms with Gasteiger partial charge in [-0.2, -0.15) is 13.2 Å². The number of hydrogen-bond acceptors (Lipinski definition) is 9. The first-order valence-electron chi connectivity index (χ1n) is 15.6. The topological polar surface area (TPSA) is 213 Å². The first-order valence-corrected chi connectivity index (χ1v) is 15.6. The average molecular weight is 710 g/mol. The van der Waals surface area contributed by atoms with Crippen molar-refractivity contribution in [3.05, 3.63) is 70.9 Å². The molecule has 0 aliphatic heterocycles. The largest absolute Gasteiger partial charge is 0.483 e. The van der Waals surface area contributed by atoms with Gasteiger partial charge in [-0.25, -0.2) is 4.79 Å². The van der Waals surface area contributed by atoms with Crippen LogP contribution in [0, 0.1) is 5.41 Å². The highest BCUT2D eigenvalue weighted by Crippen LogP contribution is 2.23. The molecule has 13 nitrogen and oxygen atoms in total. The number of likely N-dealkylation sites (N-methyl/N-ethyl adjacent to an activating group) is 1. The third-order valence-corrected chi connectivity index (χ3v) is 5.63. The highest BCUT2D eigenvalue weighted by molar-refractivity contribution is 6.27. The summed E-state index contributed by atoms with van der Waals surface area (Å²) in [7, 11) is 1.71. The predicted molar refractivity (Wildman–Crippen MR) is 189 cm³/mol. The number of halogens is 3. The number of esters is 1. The number of unbranched alkanes of at least 4 members (excludes halogenated alkanes) is 1. The summed E-state index contributed by atoms with van der Waals surface area (Å²) in [5.74, 6) is -0.679. The summed E-state index contributed by atoms with van der Waals surface area (Å²) in [6, 6.07) is 11.7. The fourth-order valence-electron chi connectivity index (χ4n) is 3.61. The van der Waals surface area contributed by atoms with Crippen LogP contribution in [0.15, 0.2) is 53.7 Å². The Bertz CT molecular complexity index is 1410. The third kappa shape index (κ3) is 22.2. The number of carbonyl (C=O) groups is 4. The van der Waals surface area contributed by atoms with Gasteiger partial charge in [0.2, 0.25) is 5.91 Å². The molecule has 2 rings (SSSR count). The van der Waals surface area contributed by atoms with Gasteiger partial charge in [0.05, 0.1) is 24.4 Å². The van der Waals surface area contributed by atoms with Crippen molar-refractivity contribution in [1.82, 2.24) is 15.5 Å². The van der Waals surface area contributed by atoms with E-state index in [1.165, 1.54) is 6.07 Å². The van der Waals surface area contributed by atoms with Crippen LogP contribution in [0.4, 0.5) is 18.9 Å². The zero-order valence-corrected chi connectivity index (χ0v) is 29.6. The summed E-state index contributed by atoms with van der Waals surface area (Å²) in [5.41, 5.74) is 14.7. The van der Waals surface area contributed by atoms with Gasteiger partial charge in [0, 0.05) is 49.6 Å². The van der Waals surface area contributed by atoms with Crippen LogP contribution in [0.1, 0.15) is 81.4 Å². The predicted octanol–water partition coefficient (Wildman–Crippen LogP) is 4.95. The summed E-state index contributed by atoms with van der Waals surface area (Å²) in [6.07, 6.45) is -0.210. The van der Waals surface area contributed by atoms with Crippen LogP contribution in [0.2, 0.25) is 0 Å². The van der Waals surface area contributed by atoms with Crippen molar-refractivity contribution >= 4 is 47.7 Å². The molecule has 2 aromatic rings. The van der Waals surface area contributed by atoms with Crippen LogP contribution in [-0.2, 0) is 25.7 Å². The Balaban J connectivity index is 0. The fraction of sp³-hybridized carbons (Fsp3) is 0.412. The minimum atomic E-state index is -4.00. The SMILES string of the molecule is CC.CC(F)(F)F.CCCCOC(=O)c1cc(N)cc(/C(=C/NC(C=O)=NC(C)C)N(C)CC(=O)NCc2ccc(C(=N)N)cc2)c1.O=CO. The Morgan fingerprint density at radius 2 is 1.62 bits per heavy atom. The molecule has 1 amide bonds. The van der Waals surface area contributed by atoms with E-state index in [2.05, 4.69) is 15.6 Å². The number of aliphatic imine (C=N–C) groups is 1. The van der Waals surface area contributed by atoms with Crippen molar-refractivity contribution in [2.45, 2.75) is 73.1 Å². The number of carboxylic acid groups (broad SMARTS) is 1. The molecule has 0 spiro atoms. The Hall–Kier alpha value is -5.41. The van der Waals surface area contributed by atoms with Gasteiger partial charge < -0.3 is 36.8 Å². The van der Waals surface area contributed by atoms with Crippen LogP contribution >= 0.6 is 0 Å². The van der Waals surface area contributed by atoms with Crippen LogP contribution in [0.5, 0.6) is 0 Å². The number of nitrogen functional groups attached to an aromatic ring is 2. The highest BCUT2D eigenvalue weighted by atomic mass is 19.4. The van der Waals surface area contributed by atoms with E-state index in [1.54, 1.807) is 54.5 Å². The third-order valence-electron chi connectivity index (χ3n) is 5.63. The molecule has 0 radical (unpaired) electrons. The second-order valence-electron chi connectivity index (χ2n) is 10.4. The van der Waals surface area contributed by atoms with Gasteiger partial charge >= 0.3 is 12.1 Å². The Kier molecular flexibility index (Phi) is 23.9. The van der Waals surface area contributed by atoms with E-state index in [1.807, 2.05) is 34.6 Å². The molecule has 0 heterocycles. The first-order chi connectivity index (χ1) is 23.4. The number of nitrogens with zero attached hydrogens (tertiary/aromatic N) is 2. The van der Waals surface area contributed by atoms with Crippen LogP contribution < -0.4 is 22.1 Å². The van der Waals surface area contributed by atoms with E-state index in [-0.39, 0.29) is 55.7 Å². The summed E-state index contributed by atoms with van der Waals surface area (Å²) < 4.78 is 36.4. The summed E-state index contributed by atoms with van der Waals surface area (Å²) in [4.78, 5) is 51.3. The van der Waals surface area contributed by atoms with Crippen molar-refractivity contribution in [2.75, 3.05) is 25.9 Å². The maximum Gasteiger partial charge on any atom is 0.386 e. The van der Waals surface area contributed by atoms with Gasteiger partial charge in [-0.05, 0) is 44.0 Å². The zero-order valence-electron chi connectivity index (χ0n) is 29.6. The molecule has 0 saturated carbocycles. The Labute approximate surface area is 291 Å². The number of amides is 1. The van der Waals surface area contributed by atoms with E-state index >= 15 is 0 Å².